The summed E-state index contributed by atoms with van der Waals surface area (Å²) < 4.78 is 0. The van der Waals surface area contributed by atoms with E-state index in [0.29, 0.717) is 16.4 Å². The van der Waals surface area contributed by atoms with E-state index in [0.717, 1.165) is 23.7 Å². The molecular formula is C17H17N5O4S3. The monoisotopic (exact) mass is 451 g/mol. The summed E-state index contributed by atoms with van der Waals surface area (Å²) in [6, 6.07) is 1.09. The van der Waals surface area contributed by atoms with E-state index in [2.05, 4.69) is 15.5 Å². The summed E-state index contributed by atoms with van der Waals surface area (Å²) in [6.45, 7) is 0. The van der Waals surface area contributed by atoms with E-state index in [4.69, 9.17) is 5.26 Å². The van der Waals surface area contributed by atoms with Gasteiger partial charge in [0.25, 0.3) is 5.91 Å². The van der Waals surface area contributed by atoms with Crippen LogP contribution in [0, 0.1) is 11.3 Å². The van der Waals surface area contributed by atoms with Gasteiger partial charge in [0.05, 0.1) is 18.0 Å². The lowest BCUT2D eigenvalue weighted by Crippen LogP contribution is -2.70. The zero-order chi connectivity index (χ0) is 20.8. The quantitative estimate of drug-likeness (QED) is 0.373. The van der Waals surface area contributed by atoms with Gasteiger partial charge in [-0.1, -0.05) is 0 Å². The molecule has 0 radical (unpaired) electrons. The van der Waals surface area contributed by atoms with Crippen molar-refractivity contribution in [1.82, 2.24) is 20.4 Å². The Kier molecular flexibility index (Phi) is 7.29. The molecule has 3 heterocycles. The number of nitriles is 1. The van der Waals surface area contributed by atoms with Crippen LogP contribution in [-0.4, -0.2) is 66.7 Å². The van der Waals surface area contributed by atoms with Gasteiger partial charge in [0.15, 0.2) is 0 Å². The van der Waals surface area contributed by atoms with Crippen molar-refractivity contribution in [2.24, 2.45) is 0 Å². The van der Waals surface area contributed by atoms with Crippen LogP contribution in [-0.2, 0) is 20.8 Å². The Hall–Kier alpha value is -2.36. The Morgan fingerprint density at radius 3 is 3.07 bits per heavy atom. The SMILES string of the molecule is N#CC=CSCC(=O)N[C@@H]1C(=O)N2C(C(=O)O)=C(SCCc3cn[nH]c3)CS[C@@H]12. The number of nitrogens with zero attached hydrogens (tertiary/aromatic N) is 3. The molecule has 0 bridgehead atoms. The number of fused-ring (bicyclic) bond motifs is 1. The molecule has 0 unspecified atom stereocenters. The Morgan fingerprint density at radius 1 is 1.55 bits per heavy atom. The zero-order valence-corrected chi connectivity index (χ0v) is 17.5. The summed E-state index contributed by atoms with van der Waals surface area (Å²) in [7, 11) is 0. The standard InChI is InChI=1S/C17H17N5O4S3/c18-3-1-4-27-9-12(23)21-13-15(24)22-14(17(25)26)11(8-29-16(13)22)28-5-2-10-6-19-20-7-10/h1,4,6-7,13,16H,2,5,8-9H2,(H,19,20)(H,21,23)(H,25,26)/t13-,16+/m1/s1. The van der Waals surface area contributed by atoms with Gasteiger partial charge >= 0.3 is 5.97 Å². The number of allylic oxidation sites excluding steroid dienone is 1. The molecule has 1 aromatic heterocycles. The van der Waals surface area contributed by atoms with Crippen molar-refractivity contribution in [1.29, 1.82) is 5.26 Å². The number of aryl methyl sites for hydroxylation is 1. The number of aliphatic carboxylic acids is 1. The first-order valence-corrected chi connectivity index (χ1v) is 11.6. The number of thioether (sulfide) groups is 3. The van der Waals surface area contributed by atoms with Crippen LogP contribution in [0.2, 0.25) is 0 Å². The summed E-state index contributed by atoms with van der Waals surface area (Å²) >= 11 is 4.01. The minimum Gasteiger partial charge on any atom is -0.477 e. The van der Waals surface area contributed by atoms with E-state index in [9.17, 15) is 19.5 Å². The van der Waals surface area contributed by atoms with Crippen molar-refractivity contribution >= 4 is 53.1 Å². The van der Waals surface area contributed by atoms with Crippen molar-refractivity contribution in [2.45, 2.75) is 17.8 Å². The molecule has 12 heteroatoms. The summed E-state index contributed by atoms with van der Waals surface area (Å²) in [4.78, 5) is 38.3. The second-order valence-electron chi connectivity index (χ2n) is 5.98. The van der Waals surface area contributed by atoms with E-state index >= 15 is 0 Å². The Balaban J connectivity index is 1.60. The van der Waals surface area contributed by atoms with Crippen molar-refractivity contribution in [3.05, 3.63) is 40.0 Å². The van der Waals surface area contributed by atoms with E-state index < -0.39 is 23.3 Å². The van der Waals surface area contributed by atoms with Gasteiger partial charge in [-0.2, -0.15) is 10.4 Å². The number of carboxylic acid groups (broad SMARTS) is 1. The van der Waals surface area contributed by atoms with Gasteiger partial charge in [-0.3, -0.25) is 19.6 Å². The van der Waals surface area contributed by atoms with Gasteiger partial charge in [-0.05, 0) is 17.4 Å². The summed E-state index contributed by atoms with van der Waals surface area (Å²) in [5, 5.41) is 28.4. The van der Waals surface area contributed by atoms with E-state index in [-0.39, 0.29) is 17.4 Å². The molecule has 29 heavy (non-hydrogen) atoms. The topological polar surface area (TPSA) is 139 Å². The average Bonchev–Trinajstić information content (AvgIpc) is 3.22. The normalized spacial score (nSPS) is 20.9. The van der Waals surface area contributed by atoms with Crippen molar-refractivity contribution in [2.75, 3.05) is 17.3 Å². The third-order valence-corrected chi connectivity index (χ3v) is 7.44. The number of H-pyrrole nitrogens is 1. The third kappa shape index (κ3) is 4.98. The molecule has 0 aliphatic carbocycles. The van der Waals surface area contributed by atoms with Crippen LogP contribution in [0.4, 0.5) is 0 Å². The average molecular weight is 452 g/mol. The number of carboxylic acids is 1. The van der Waals surface area contributed by atoms with Crippen molar-refractivity contribution < 1.29 is 19.5 Å². The molecule has 3 N–H and O–H groups in total. The predicted octanol–water partition coefficient (Wildman–Crippen LogP) is 1.15. The van der Waals surface area contributed by atoms with Crippen LogP contribution in [0.5, 0.6) is 0 Å². The second-order valence-corrected chi connectivity index (χ2v) is 9.17. The van der Waals surface area contributed by atoms with Gasteiger partial charge in [-0.15, -0.1) is 35.3 Å². The third-order valence-electron chi connectivity index (χ3n) is 4.13. The maximum absolute atomic E-state index is 12.5. The number of aromatic amines is 1. The molecule has 2 aliphatic rings. The van der Waals surface area contributed by atoms with E-state index in [1.807, 2.05) is 6.07 Å². The first kappa shape index (κ1) is 21.4. The van der Waals surface area contributed by atoms with Crippen LogP contribution in [0.15, 0.2) is 34.5 Å². The minimum absolute atomic E-state index is 0.00720. The Morgan fingerprint density at radius 2 is 2.38 bits per heavy atom. The lowest BCUT2D eigenvalue weighted by atomic mass is 10.1. The smallest absolute Gasteiger partial charge is 0.353 e. The van der Waals surface area contributed by atoms with Gasteiger partial charge in [0.1, 0.15) is 17.1 Å². The maximum atomic E-state index is 12.5. The highest BCUT2D eigenvalue weighted by molar-refractivity contribution is 8.06. The molecule has 2 aliphatic heterocycles. The Bertz CT molecular complexity index is 893. The van der Waals surface area contributed by atoms with Gasteiger partial charge in [0.2, 0.25) is 5.91 Å². The maximum Gasteiger partial charge on any atom is 0.353 e. The first-order valence-electron chi connectivity index (χ1n) is 8.50. The molecule has 1 fully saturated rings. The number of carbonyl (C=O) groups excluding carboxylic acids is 2. The highest BCUT2D eigenvalue weighted by atomic mass is 32.2. The first-order chi connectivity index (χ1) is 14.0. The van der Waals surface area contributed by atoms with Gasteiger partial charge in [0, 0.05) is 28.7 Å². The molecule has 2 atom stereocenters. The van der Waals surface area contributed by atoms with Crippen LogP contribution < -0.4 is 5.32 Å². The van der Waals surface area contributed by atoms with Crippen molar-refractivity contribution in [3.8, 4) is 6.07 Å². The fraction of sp³-hybridized carbons (Fsp3) is 0.353. The number of rotatable bonds is 9. The fourth-order valence-electron chi connectivity index (χ4n) is 2.83. The van der Waals surface area contributed by atoms with E-state index in [1.54, 1.807) is 12.4 Å². The lowest BCUT2D eigenvalue weighted by molar-refractivity contribution is -0.150. The van der Waals surface area contributed by atoms with Gasteiger partial charge in [-0.25, -0.2) is 4.79 Å². The molecule has 3 rings (SSSR count). The largest absolute Gasteiger partial charge is 0.477 e. The van der Waals surface area contributed by atoms with Crippen LogP contribution in [0.1, 0.15) is 5.56 Å². The summed E-state index contributed by atoms with van der Waals surface area (Å²) in [5.74, 6) is -0.673. The van der Waals surface area contributed by atoms with Crippen LogP contribution in [0.3, 0.4) is 0 Å². The molecule has 1 aromatic rings. The molecule has 0 aromatic carbocycles. The minimum atomic E-state index is -1.14. The van der Waals surface area contributed by atoms with Gasteiger partial charge < -0.3 is 10.4 Å². The number of nitrogens with one attached hydrogen (secondary N) is 2. The number of carbonyl (C=O) groups is 3. The molecule has 9 nitrogen and oxygen atoms in total. The summed E-state index contributed by atoms with van der Waals surface area (Å²) in [6.07, 6.45) is 5.51. The number of hydrogen-bond donors (Lipinski definition) is 3. The fourth-order valence-corrected chi connectivity index (χ4v) is 5.95. The number of hydrogen-bond acceptors (Lipinski definition) is 8. The van der Waals surface area contributed by atoms with Crippen LogP contribution >= 0.6 is 35.3 Å². The lowest BCUT2D eigenvalue weighted by Gasteiger charge is -2.49. The van der Waals surface area contributed by atoms with E-state index in [1.165, 1.54) is 39.9 Å². The highest BCUT2D eigenvalue weighted by Crippen LogP contribution is 2.43. The molecule has 152 valence electrons. The highest BCUT2D eigenvalue weighted by Gasteiger charge is 2.54. The second kappa shape index (κ2) is 9.91. The molecular weight excluding hydrogens is 434 g/mol. The molecule has 0 saturated carbocycles. The molecule has 1 saturated heterocycles. The Labute approximate surface area is 179 Å². The van der Waals surface area contributed by atoms with Crippen molar-refractivity contribution in [3.63, 3.8) is 0 Å². The molecule has 0 spiro atoms. The number of β-lactam (4-membered cyclic amide) rings is 1. The van der Waals surface area contributed by atoms with Crippen LogP contribution in [0.25, 0.3) is 0 Å². The number of aromatic nitrogens is 2. The molecule has 2 amide bonds. The zero-order valence-electron chi connectivity index (χ0n) is 15.0. The number of amides is 2. The summed E-state index contributed by atoms with van der Waals surface area (Å²) in [5.41, 5.74) is 1.04. The predicted molar refractivity (Wildman–Crippen MR) is 112 cm³/mol.